The lowest BCUT2D eigenvalue weighted by Gasteiger charge is -2.15. The average Bonchev–Trinajstić information content (AvgIpc) is 2.97. The largest absolute Gasteiger partial charge is 0.377 e. The highest BCUT2D eigenvalue weighted by atomic mass is 15.3. The van der Waals surface area contributed by atoms with E-state index in [-0.39, 0.29) is 6.04 Å². The van der Waals surface area contributed by atoms with Crippen LogP contribution in [0, 0.1) is 6.92 Å². The molecule has 0 aliphatic rings. The first-order valence-electron chi connectivity index (χ1n) is 7.32. The van der Waals surface area contributed by atoms with Gasteiger partial charge in [0, 0.05) is 29.4 Å². The number of rotatable bonds is 4. The number of anilines is 1. The fourth-order valence-corrected chi connectivity index (χ4v) is 2.45. The molecule has 1 atom stereocenters. The lowest BCUT2D eigenvalue weighted by Crippen LogP contribution is -2.06. The molecule has 0 amide bonds. The third kappa shape index (κ3) is 2.75. The maximum absolute atomic E-state index is 4.66. The van der Waals surface area contributed by atoms with Crippen LogP contribution in [0.5, 0.6) is 0 Å². The number of nitrogens with one attached hydrogen (secondary N) is 1. The van der Waals surface area contributed by atoms with Gasteiger partial charge in [-0.05, 0) is 32.9 Å². The monoisotopic (exact) mass is 280 g/mol. The Balaban J connectivity index is 1.92. The number of hydrogen-bond donors (Lipinski definition) is 1. The summed E-state index contributed by atoms with van der Waals surface area (Å²) in [5.41, 5.74) is 4.30. The molecule has 0 bridgehead atoms. The van der Waals surface area contributed by atoms with Crippen LogP contribution in [-0.2, 0) is 6.54 Å². The van der Waals surface area contributed by atoms with Gasteiger partial charge in [0.15, 0.2) is 0 Å². The summed E-state index contributed by atoms with van der Waals surface area (Å²) < 4.78 is 1.94. The number of benzene rings is 1. The lowest BCUT2D eigenvalue weighted by atomic mass is 10.1. The topological polar surface area (TPSA) is 42.7 Å². The first kappa shape index (κ1) is 13.6. The van der Waals surface area contributed by atoms with Crippen molar-refractivity contribution in [2.75, 3.05) is 5.32 Å². The van der Waals surface area contributed by atoms with Crippen molar-refractivity contribution in [2.45, 2.75) is 33.4 Å². The molecule has 0 saturated carbocycles. The van der Waals surface area contributed by atoms with Crippen molar-refractivity contribution in [3.05, 3.63) is 54.0 Å². The molecule has 108 valence electrons. The second-order valence-corrected chi connectivity index (χ2v) is 5.33. The lowest BCUT2D eigenvalue weighted by molar-refractivity contribution is 0.658. The van der Waals surface area contributed by atoms with E-state index in [0.717, 1.165) is 28.8 Å². The van der Waals surface area contributed by atoms with Gasteiger partial charge in [0.1, 0.15) is 0 Å². The highest BCUT2D eigenvalue weighted by Gasteiger charge is 2.10. The molecule has 0 spiro atoms. The van der Waals surface area contributed by atoms with E-state index < -0.39 is 0 Å². The summed E-state index contributed by atoms with van der Waals surface area (Å²) in [6, 6.07) is 10.6. The summed E-state index contributed by atoms with van der Waals surface area (Å²) in [5, 5.41) is 9.04. The summed E-state index contributed by atoms with van der Waals surface area (Å²) in [6.45, 7) is 7.14. The van der Waals surface area contributed by atoms with Gasteiger partial charge < -0.3 is 5.32 Å². The fourth-order valence-electron chi connectivity index (χ4n) is 2.45. The molecule has 21 heavy (non-hydrogen) atoms. The molecule has 3 aromatic rings. The van der Waals surface area contributed by atoms with Gasteiger partial charge in [-0.1, -0.05) is 18.2 Å². The van der Waals surface area contributed by atoms with E-state index in [1.54, 1.807) is 0 Å². The van der Waals surface area contributed by atoms with Crippen LogP contribution in [0.1, 0.15) is 31.1 Å². The molecule has 2 heterocycles. The first-order valence-corrected chi connectivity index (χ1v) is 7.32. The van der Waals surface area contributed by atoms with Crippen molar-refractivity contribution in [1.29, 1.82) is 0 Å². The predicted octanol–water partition coefficient (Wildman–Crippen LogP) is 3.93. The molecule has 4 nitrogen and oxygen atoms in total. The van der Waals surface area contributed by atoms with Crippen LogP contribution >= 0.6 is 0 Å². The molecular formula is C17H20N4. The Morgan fingerprint density at radius 2 is 2.10 bits per heavy atom. The Labute approximate surface area is 124 Å². The van der Waals surface area contributed by atoms with E-state index in [9.17, 15) is 0 Å². The fraction of sp³-hybridized carbons (Fsp3) is 0.294. The smallest absolute Gasteiger partial charge is 0.0936 e. The summed E-state index contributed by atoms with van der Waals surface area (Å²) in [6.07, 6.45) is 4.01. The SMILES string of the molecule is CCn1cc(C(C)Nc2cccc3ccc(C)nc23)cn1. The molecule has 0 radical (unpaired) electrons. The number of fused-ring (bicyclic) bond motifs is 1. The van der Waals surface area contributed by atoms with Gasteiger partial charge in [-0.15, -0.1) is 0 Å². The van der Waals surface area contributed by atoms with E-state index in [4.69, 9.17) is 0 Å². The predicted molar refractivity (Wildman–Crippen MR) is 86.4 cm³/mol. The zero-order valence-electron chi connectivity index (χ0n) is 12.7. The van der Waals surface area contributed by atoms with Crippen LogP contribution in [0.15, 0.2) is 42.7 Å². The highest BCUT2D eigenvalue weighted by Crippen LogP contribution is 2.25. The summed E-state index contributed by atoms with van der Waals surface area (Å²) in [7, 11) is 0. The third-order valence-electron chi connectivity index (χ3n) is 3.71. The molecule has 0 aliphatic heterocycles. The molecule has 1 aromatic carbocycles. The van der Waals surface area contributed by atoms with Gasteiger partial charge in [0.25, 0.3) is 0 Å². The molecule has 3 rings (SSSR count). The van der Waals surface area contributed by atoms with E-state index in [1.807, 2.05) is 23.9 Å². The number of hydrogen-bond acceptors (Lipinski definition) is 3. The van der Waals surface area contributed by atoms with Crippen molar-refractivity contribution in [3.63, 3.8) is 0 Å². The maximum Gasteiger partial charge on any atom is 0.0936 e. The minimum Gasteiger partial charge on any atom is -0.377 e. The zero-order chi connectivity index (χ0) is 14.8. The quantitative estimate of drug-likeness (QED) is 0.787. The van der Waals surface area contributed by atoms with Crippen molar-refractivity contribution in [1.82, 2.24) is 14.8 Å². The number of aromatic nitrogens is 3. The highest BCUT2D eigenvalue weighted by molar-refractivity contribution is 5.90. The van der Waals surface area contributed by atoms with Crippen LogP contribution in [0.4, 0.5) is 5.69 Å². The number of para-hydroxylation sites is 1. The number of aryl methyl sites for hydroxylation is 2. The minimum atomic E-state index is 0.193. The van der Waals surface area contributed by atoms with E-state index >= 15 is 0 Å². The van der Waals surface area contributed by atoms with Crippen LogP contribution in [0.3, 0.4) is 0 Å². The van der Waals surface area contributed by atoms with Crippen LogP contribution in [0.2, 0.25) is 0 Å². The van der Waals surface area contributed by atoms with Crippen molar-refractivity contribution < 1.29 is 0 Å². The van der Waals surface area contributed by atoms with Crippen molar-refractivity contribution in [2.24, 2.45) is 0 Å². The van der Waals surface area contributed by atoms with Gasteiger partial charge in [0.2, 0.25) is 0 Å². The molecule has 1 N–H and O–H groups in total. The second kappa shape index (κ2) is 5.56. The van der Waals surface area contributed by atoms with Gasteiger partial charge in [-0.25, -0.2) is 0 Å². The summed E-state index contributed by atoms with van der Waals surface area (Å²) >= 11 is 0. The van der Waals surface area contributed by atoms with Gasteiger partial charge in [0.05, 0.1) is 23.4 Å². The molecular weight excluding hydrogens is 260 g/mol. The van der Waals surface area contributed by atoms with E-state index in [0.29, 0.717) is 0 Å². The molecule has 0 saturated heterocycles. The standard InChI is InChI=1S/C17H20N4/c1-4-21-11-15(10-18-21)13(3)20-16-7-5-6-14-9-8-12(2)19-17(14)16/h5-11,13,20H,4H2,1-3H3. The van der Waals surface area contributed by atoms with Crippen molar-refractivity contribution >= 4 is 16.6 Å². The van der Waals surface area contributed by atoms with Gasteiger partial charge in [-0.2, -0.15) is 5.10 Å². The zero-order valence-corrected chi connectivity index (χ0v) is 12.7. The molecule has 4 heteroatoms. The maximum atomic E-state index is 4.66. The Hall–Kier alpha value is -2.36. The van der Waals surface area contributed by atoms with Crippen LogP contribution in [0.25, 0.3) is 10.9 Å². The number of pyridine rings is 1. The first-order chi connectivity index (χ1) is 10.2. The van der Waals surface area contributed by atoms with Crippen LogP contribution < -0.4 is 5.32 Å². The van der Waals surface area contributed by atoms with Crippen molar-refractivity contribution in [3.8, 4) is 0 Å². The van der Waals surface area contributed by atoms with Gasteiger partial charge in [-0.3, -0.25) is 9.67 Å². The molecule has 0 aliphatic carbocycles. The Bertz CT molecular complexity index is 760. The Kier molecular flexibility index (Phi) is 3.60. The third-order valence-corrected chi connectivity index (χ3v) is 3.71. The van der Waals surface area contributed by atoms with Gasteiger partial charge >= 0.3 is 0 Å². The normalized spacial score (nSPS) is 12.5. The summed E-state index contributed by atoms with van der Waals surface area (Å²) in [5.74, 6) is 0. The average molecular weight is 280 g/mol. The summed E-state index contributed by atoms with van der Waals surface area (Å²) in [4.78, 5) is 4.66. The number of nitrogens with zero attached hydrogens (tertiary/aromatic N) is 3. The minimum absolute atomic E-state index is 0.193. The molecule has 2 aromatic heterocycles. The molecule has 0 fully saturated rings. The Morgan fingerprint density at radius 3 is 2.86 bits per heavy atom. The van der Waals surface area contributed by atoms with Crippen LogP contribution in [-0.4, -0.2) is 14.8 Å². The Morgan fingerprint density at radius 1 is 1.24 bits per heavy atom. The van der Waals surface area contributed by atoms with E-state index in [1.165, 1.54) is 5.56 Å². The van der Waals surface area contributed by atoms with E-state index in [2.05, 4.69) is 59.7 Å². The molecule has 1 unspecified atom stereocenters. The second-order valence-electron chi connectivity index (χ2n) is 5.33.